The molecular formula is C12H13N3O2S. The van der Waals surface area contributed by atoms with E-state index in [0.717, 1.165) is 5.56 Å². The van der Waals surface area contributed by atoms with Crippen molar-refractivity contribution in [2.24, 2.45) is 5.73 Å². The number of amides is 2. The standard InChI is InChI=1S/C12H13N3O2S/c1-2-7-17-10-8-15(12(13)16)11(18-10)9-3-5-14-6-4-9/h2-6,8,11H,1,7H2,(H2,13,16). The molecular weight excluding hydrogens is 250 g/mol. The van der Waals surface area contributed by atoms with Gasteiger partial charge < -0.3 is 10.5 Å². The van der Waals surface area contributed by atoms with E-state index in [4.69, 9.17) is 10.5 Å². The number of nitrogens with zero attached hydrogens (tertiary/aromatic N) is 2. The Hall–Kier alpha value is -1.95. The second kappa shape index (κ2) is 5.59. The number of hydrogen-bond donors (Lipinski definition) is 1. The summed E-state index contributed by atoms with van der Waals surface area (Å²) in [6.07, 6.45) is 6.62. The molecule has 0 saturated carbocycles. The Labute approximate surface area is 109 Å². The maximum Gasteiger partial charge on any atom is 0.320 e. The number of nitrogens with two attached hydrogens (primary N) is 1. The van der Waals surface area contributed by atoms with E-state index in [9.17, 15) is 4.79 Å². The second-order valence-electron chi connectivity index (χ2n) is 3.54. The summed E-state index contributed by atoms with van der Waals surface area (Å²) in [7, 11) is 0. The van der Waals surface area contributed by atoms with Crippen LogP contribution in [-0.2, 0) is 4.74 Å². The van der Waals surface area contributed by atoms with E-state index in [1.165, 1.54) is 16.7 Å². The molecule has 18 heavy (non-hydrogen) atoms. The number of thioether (sulfide) groups is 1. The van der Waals surface area contributed by atoms with E-state index in [1.54, 1.807) is 24.7 Å². The zero-order valence-electron chi connectivity index (χ0n) is 9.65. The van der Waals surface area contributed by atoms with Gasteiger partial charge in [0.25, 0.3) is 0 Å². The van der Waals surface area contributed by atoms with Crippen molar-refractivity contribution in [2.45, 2.75) is 5.37 Å². The molecule has 2 amide bonds. The third-order valence-electron chi connectivity index (χ3n) is 2.31. The third kappa shape index (κ3) is 2.65. The molecule has 94 valence electrons. The van der Waals surface area contributed by atoms with E-state index in [1.807, 2.05) is 12.1 Å². The topological polar surface area (TPSA) is 68.5 Å². The first-order valence-electron chi connectivity index (χ1n) is 5.32. The number of primary amides is 1. The van der Waals surface area contributed by atoms with Gasteiger partial charge in [0.15, 0.2) is 5.09 Å². The first-order chi connectivity index (χ1) is 8.72. The molecule has 2 heterocycles. The third-order valence-corrected chi connectivity index (χ3v) is 3.49. The van der Waals surface area contributed by atoms with Crippen LogP contribution in [0.3, 0.4) is 0 Å². The summed E-state index contributed by atoms with van der Waals surface area (Å²) in [6, 6.07) is 3.18. The molecule has 0 aliphatic carbocycles. The van der Waals surface area contributed by atoms with Gasteiger partial charge in [0.05, 0.1) is 6.20 Å². The Balaban J connectivity index is 2.17. The highest BCUT2D eigenvalue weighted by Crippen LogP contribution is 2.43. The molecule has 0 fully saturated rings. The zero-order chi connectivity index (χ0) is 13.0. The fourth-order valence-electron chi connectivity index (χ4n) is 1.53. The van der Waals surface area contributed by atoms with Gasteiger partial charge in [-0.15, -0.1) is 0 Å². The van der Waals surface area contributed by atoms with E-state index < -0.39 is 6.03 Å². The van der Waals surface area contributed by atoms with Crippen LogP contribution in [0.15, 0.2) is 48.5 Å². The van der Waals surface area contributed by atoms with E-state index >= 15 is 0 Å². The van der Waals surface area contributed by atoms with Crippen molar-refractivity contribution in [1.82, 2.24) is 9.88 Å². The Bertz CT molecular complexity index is 475. The molecule has 6 heteroatoms. The van der Waals surface area contributed by atoms with Gasteiger partial charge in [-0.2, -0.15) is 0 Å². The smallest absolute Gasteiger partial charge is 0.320 e. The van der Waals surface area contributed by atoms with Crippen molar-refractivity contribution in [3.05, 3.63) is 54.0 Å². The quantitative estimate of drug-likeness (QED) is 0.846. The van der Waals surface area contributed by atoms with Crippen molar-refractivity contribution >= 4 is 17.8 Å². The summed E-state index contributed by atoms with van der Waals surface area (Å²) in [5.41, 5.74) is 6.30. The predicted octanol–water partition coefficient (Wildman–Crippen LogP) is 2.21. The van der Waals surface area contributed by atoms with Crippen molar-refractivity contribution in [1.29, 1.82) is 0 Å². The van der Waals surface area contributed by atoms with Crippen LogP contribution in [0, 0.1) is 0 Å². The number of rotatable bonds is 4. The number of ether oxygens (including phenoxy) is 1. The molecule has 1 atom stereocenters. The second-order valence-corrected chi connectivity index (χ2v) is 4.63. The van der Waals surface area contributed by atoms with Gasteiger partial charge in [-0.25, -0.2) is 4.79 Å². The van der Waals surface area contributed by atoms with Crippen molar-refractivity contribution in [3.8, 4) is 0 Å². The van der Waals surface area contributed by atoms with Crippen LogP contribution in [0.2, 0.25) is 0 Å². The Morgan fingerprint density at radius 2 is 2.33 bits per heavy atom. The Morgan fingerprint density at radius 3 is 2.94 bits per heavy atom. The summed E-state index contributed by atoms with van der Waals surface area (Å²) in [5.74, 6) is 0. The maximum absolute atomic E-state index is 11.4. The zero-order valence-corrected chi connectivity index (χ0v) is 10.5. The SMILES string of the molecule is C=CCOC1=CN(C(N)=O)C(c2ccncc2)S1. The lowest BCUT2D eigenvalue weighted by Gasteiger charge is -2.20. The van der Waals surface area contributed by atoms with E-state index in [2.05, 4.69) is 11.6 Å². The monoisotopic (exact) mass is 263 g/mol. The summed E-state index contributed by atoms with van der Waals surface area (Å²) in [5, 5.41) is 0.445. The van der Waals surface area contributed by atoms with Crippen LogP contribution in [0.4, 0.5) is 4.79 Å². The fraction of sp³-hybridized carbons (Fsp3) is 0.167. The predicted molar refractivity (Wildman–Crippen MR) is 70.2 cm³/mol. The molecule has 0 aromatic carbocycles. The minimum absolute atomic E-state index is 0.203. The van der Waals surface area contributed by atoms with Crippen molar-refractivity contribution in [3.63, 3.8) is 0 Å². The summed E-state index contributed by atoms with van der Waals surface area (Å²) >= 11 is 1.43. The number of aromatic nitrogens is 1. The summed E-state index contributed by atoms with van der Waals surface area (Å²) < 4.78 is 5.43. The van der Waals surface area contributed by atoms with Crippen molar-refractivity contribution < 1.29 is 9.53 Å². The number of pyridine rings is 1. The van der Waals surface area contributed by atoms with Crippen molar-refractivity contribution in [2.75, 3.05) is 6.61 Å². The van der Waals surface area contributed by atoms with Gasteiger partial charge in [0, 0.05) is 12.4 Å². The molecule has 2 N–H and O–H groups in total. The van der Waals surface area contributed by atoms with Crippen LogP contribution < -0.4 is 5.73 Å². The average molecular weight is 263 g/mol. The number of hydrogen-bond acceptors (Lipinski definition) is 4. The van der Waals surface area contributed by atoms with E-state index in [0.29, 0.717) is 11.7 Å². The number of carbonyl (C=O) groups excluding carboxylic acids is 1. The average Bonchev–Trinajstić information content (AvgIpc) is 2.82. The Kier molecular flexibility index (Phi) is 3.88. The summed E-state index contributed by atoms with van der Waals surface area (Å²) in [6.45, 7) is 3.98. The lowest BCUT2D eigenvalue weighted by molar-refractivity contribution is 0.220. The van der Waals surface area contributed by atoms with Gasteiger partial charge in [0.1, 0.15) is 12.0 Å². The van der Waals surface area contributed by atoms with Crippen LogP contribution in [-0.4, -0.2) is 22.5 Å². The molecule has 5 nitrogen and oxygen atoms in total. The fourth-order valence-corrected chi connectivity index (χ4v) is 2.63. The molecule has 1 aromatic rings. The highest BCUT2D eigenvalue weighted by atomic mass is 32.2. The van der Waals surface area contributed by atoms with Crippen LogP contribution in [0.5, 0.6) is 0 Å². The molecule has 1 aromatic heterocycles. The molecule has 2 rings (SSSR count). The van der Waals surface area contributed by atoms with Gasteiger partial charge >= 0.3 is 6.03 Å². The molecule has 0 spiro atoms. The van der Waals surface area contributed by atoms with Gasteiger partial charge in [-0.1, -0.05) is 24.4 Å². The molecule has 1 aliphatic rings. The number of urea groups is 1. The highest BCUT2D eigenvalue weighted by molar-refractivity contribution is 8.03. The normalized spacial score (nSPS) is 18.3. The van der Waals surface area contributed by atoms with E-state index in [-0.39, 0.29) is 5.37 Å². The van der Waals surface area contributed by atoms with Gasteiger partial charge in [-0.05, 0) is 17.7 Å². The van der Waals surface area contributed by atoms with Crippen LogP contribution in [0.25, 0.3) is 0 Å². The first kappa shape index (κ1) is 12.5. The maximum atomic E-state index is 11.4. The molecule has 0 saturated heterocycles. The minimum Gasteiger partial charge on any atom is -0.482 e. The largest absolute Gasteiger partial charge is 0.482 e. The van der Waals surface area contributed by atoms with Crippen LogP contribution in [0.1, 0.15) is 10.9 Å². The lowest BCUT2D eigenvalue weighted by atomic mass is 10.2. The first-order valence-corrected chi connectivity index (χ1v) is 6.20. The molecule has 0 radical (unpaired) electrons. The highest BCUT2D eigenvalue weighted by Gasteiger charge is 2.31. The molecule has 1 aliphatic heterocycles. The Morgan fingerprint density at radius 1 is 1.61 bits per heavy atom. The number of carbonyl (C=O) groups is 1. The lowest BCUT2D eigenvalue weighted by Crippen LogP contribution is -2.31. The summed E-state index contributed by atoms with van der Waals surface area (Å²) in [4.78, 5) is 16.8. The molecule has 0 bridgehead atoms. The van der Waals surface area contributed by atoms with Gasteiger partial charge in [0.2, 0.25) is 0 Å². The van der Waals surface area contributed by atoms with Gasteiger partial charge in [-0.3, -0.25) is 9.88 Å². The van der Waals surface area contributed by atoms with Crippen LogP contribution >= 0.6 is 11.8 Å². The molecule has 1 unspecified atom stereocenters. The minimum atomic E-state index is -0.512.